The number of esters is 1. The molecule has 2 heterocycles. The molecule has 2 aliphatic rings. The van der Waals surface area contributed by atoms with Crippen LogP contribution in [0.1, 0.15) is 88.2 Å². The highest BCUT2D eigenvalue weighted by molar-refractivity contribution is 5.89. The molecule has 1 aromatic carbocycles. The number of rotatable bonds is 6. The summed E-state index contributed by atoms with van der Waals surface area (Å²) < 4.78 is 6.98. The standard InChI is InChI=1S/C25H35N3O3/c1-3-10-19-17-20(15-16-27(19)18-11-6-5-7-12-18)28-22-14-9-8-13-21(22)26-23(24(28)29)25(30)31-4-2/h8-9,13-14,18-20H,3-7,10-12,15-17H2,1-2H3/t19-,20-/m1/s1. The summed E-state index contributed by atoms with van der Waals surface area (Å²) in [5.74, 6) is -0.628. The summed E-state index contributed by atoms with van der Waals surface area (Å²) in [6, 6.07) is 8.89. The molecule has 0 N–H and O–H groups in total. The van der Waals surface area contributed by atoms with E-state index < -0.39 is 5.97 Å². The third kappa shape index (κ3) is 4.54. The largest absolute Gasteiger partial charge is 0.461 e. The van der Waals surface area contributed by atoms with Crippen LogP contribution in [-0.4, -0.2) is 45.7 Å². The lowest BCUT2D eigenvalue weighted by molar-refractivity contribution is 0.0466. The molecule has 4 rings (SSSR count). The second-order valence-corrected chi connectivity index (χ2v) is 9.00. The molecular formula is C25H35N3O3. The van der Waals surface area contributed by atoms with Crippen molar-refractivity contribution in [2.24, 2.45) is 0 Å². The zero-order valence-corrected chi connectivity index (χ0v) is 18.9. The first-order valence-corrected chi connectivity index (χ1v) is 12.1. The van der Waals surface area contributed by atoms with Crippen molar-refractivity contribution < 1.29 is 9.53 Å². The molecule has 1 aliphatic heterocycles. The van der Waals surface area contributed by atoms with Crippen molar-refractivity contribution in [3.63, 3.8) is 0 Å². The molecule has 0 bridgehead atoms. The highest BCUT2D eigenvalue weighted by Gasteiger charge is 2.35. The topological polar surface area (TPSA) is 64.4 Å². The normalized spacial score (nSPS) is 23.2. The maximum absolute atomic E-state index is 13.4. The molecule has 2 aromatic rings. The van der Waals surface area contributed by atoms with E-state index in [1.807, 2.05) is 28.8 Å². The highest BCUT2D eigenvalue weighted by Crippen LogP contribution is 2.35. The van der Waals surface area contributed by atoms with Crippen LogP contribution in [0.5, 0.6) is 0 Å². The molecule has 1 saturated carbocycles. The van der Waals surface area contributed by atoms with Crippen LogP contribution in [0, 0.1) is 0 Å². The first-order valence-electron chi connectivity index (χ1n) is 12.1. The van der Waals surface area contributed by atoms with Crippen LogP contribution in [0.3, 0.4) is 0 Å². The quantitative estimate of drug-likeness (QED) is 0.627. The molecule has 0 amide bonds. The number of nitrogens with zero attached hydrogens (tertiary/aromatic N) is 3. The van der Waals surface area contributed by atoms with Gasteiger partial charge in [0.25, 0.3) is 5.56 Å². The lowest BCUT2D eigenvalue weighted by Gasteiger charge is -2.45. The van der Waals surface area contributed by atoms with Gasteiger partial charge in [-0.2, -0.15) is 0 Å². The van der Waals surface area contributed by atoms with Crippen molar-refractivity contribution in [2.45, 2.75) is 89.8 Å². The summed E-state index contributed by atoms with van der Waals surface area (Å²) >= 11 is 0. The molecule has 1 aliphatic carbocycles. The second kappa shape index (κ2) is 9.94. The lowest BCUT2D eigenvalue weighted by Crippen LogP contribution is -2.50. The van der Waals surface area contributed by atoms with Crippen molar-refractivity contribution in [1.82, 2.24) is 14.5 Å². The molecule has 2 atom stereocenters. The predicted octanol–water partition coefficient (Wildman–Crippen LogP) is 4.71. The van der Waals surface area contributed by atoms with Gasteiger partial charge in [-0.1, -0.05) is 44.7 Å². The third-order valence-electron chi connectivity index (χ3n) is 7.03. The van der Waals surface area contributed by atoms with E-state index in [0.717, 1.165) is 37.7 Å². The minimum Gasteiger partial charge on any atom is -0.461 e. The number of para-hydroxylation sites is 2. The molecular weight excluding hydrogens is 390 g/mol. The summed E-state index contributed by atoms with van der Waals surface area (Å²) in [6.45, 7) is 5.23. The Bertz CT molecular complexity index is 964. The van der Waals surface area contributed by atoms with Gasteiger partial charge in [-0.05, 0) is 51.2 Å². The van der Waals surface area contributed by atoms with E-state index in [1.54, 1.807) is 6.92 Å². The summed E-state index contributed by atoms with van der Waals surface area (Å²) in [5, 5.41) is 0. The highest BCUT2D eigenvalue weighted by atomic mass is 16.5. The number of carbonyl (C=O) groups is 1. The van der Waals surface area contributed by atoms with Crippen LogP contribution in [0.15, 0.2) is 29.1 Å². The number of ether oxygens (including phenoxy) is 1. The van der Waals surface area contributed by atoms with Gasteiger partial charge >= 0.3 is 5.97 Å². The van der Waals surface area contributed by atoms with Crippen LogP contribution in [0.2, 0.25) is 0 Å². The van der Waals surface area contributed by atoms with E-state index >= 15 is 0 Å². The van der Waals surface area contributed by atoms with Gasteiger partial charge in [0, 0.05) is 24.7 Å². The summed E-state index contributed by atoms with van der Waals surface area (Å²) in [7, 11) is 0. The number of carbonyl (C=O) groups excluding carboxylic acids is 1. The van der Waals surface area contributed by atoms with Gasteiger partial charge in [-0.25, -0.2) is 9.78 Å². The summed E-state index contributed by atoms with van der Waals surface area (Å²) in [4.78, 5) is 33.0. The minimum absolute atomic E-state index is 0.0740. The molecule has 168 valence electrons. The van der Waals surface area contributed by atoms with Gasteiger partial charge in [0.1, 0.15) is 0 Å². The fourth-order valence-corrected chi connectivity index (χ4v) is 5.64. The van der Waals surface area contributed by atoms with Crippen molar-refractivity contribution in [1.29, 1.82) is 0 Å². The van der Waals surface area contributed by atoms with Crippen LogP contribution < -0.4 is 5.56 Å². The van der Waals surface area contributed by atoms with Crippen LogP contribution in [0.25, 0.3) is 11.0 Å². The number of benzene rings is 1. The van der Waals surface area contributed by atoms with E-state index in [0.29, 0.717) is 17.6 Å². The summed E-state index contributed by atoms with van der Waals surface area (Å²) in [5.41, 5.74) is 1.07. The fraction of sp³-hybridized carbons (Fsp3) is 0.640. The fourth-order valence-electron chi connectivity index (χ4n) is 5.64. The number of hydrogen-bond acceptors (Lipinski definition) is 5. The average Bonchev–Trinajstić information content (AvgIpc) is 2.79. The zero-order valence-electron chi connectivity index (χ0n) is 18.9. The Morgan fingerprint density at radius 1 is 1.10 bits per heavy atom. The van der Waals surface area contributed by atoms with Crippen LogP contribution in [-0.2, 0) is 4.74 Å². The van der Waals surface area contributed by atoms with Crippen molar-refractivity contribution in [3.05, 3.63) is 40.3 Å². The Morgan fingerprint density at radius 2 is 1.87 bits per heavy atom. The second-order valence-electron chi connectivity index (χ2n) is 9.00. The molecule has 6 heteroatoms. The molecule has 0 radical (unpaired) electrons. The average molecular weight is 426 g/mol. The number of piperidine rings is 1. The van der Waals surface area contributed by atoms with Crippen LogP contribution in [0.4, 0.5) is 0 Å². The van der Waals surface area contributed by atoms with Crippen molar-refractivity contribution >= 4 is 17.0 Å². The van der Waals surface area contributed by atoms with E-state index in [2.05, 4.69) is 16.8 Å². The molecule has 31 heavy (non-hydrogen) atoms. The Balaban J connectivity index is 1.70. The number of likely N-dealkylation sites (tertiary alicyclic amines) is 1. The minimum atomic E-state index is -0.628. The number of hydrogen-bond donors (Lipinski definition) is 0. The van der Waals surface area contributed by atoms with Gasteiger partial charge in [0.15, 0.2) is 0 Å². The molecule has 1 saturated heterocycles. The molecule has 0 unspecified atom stereocenters. The van der Waals surface area contributed by atoms with E-state index in [1.165, 1.54) is 32.1 Å². The third-order valence-corrected chi connectivity index (χ3v) is 7.03. The molecule has 1 aromatic heterocycles. The molecule has 2 fully saturated rings. The lowest BCUT2D eigenvalue weighted by atomic mass is 9.87. The van der Waals surface area contributed by atoms with Crippen molar-refractivity contribution in [2.75, 3.05) is 13.2 Å². The van der Waals surface area contributed by atoms with Gasteiger partial charge in [-0.3, -0.25) is 9.69 Å². The predicted molar refractivity (Wildman–Crippen MR) is 123 cm³/mol. The maximum Gasteiger partial charge on any atom is 0.362 e. The van der Waals surface area contributed by atoms with Gasteiger partial charge in [-0.15, -0.1) is 0 Å². The van der Waals surface area contributed by atoms with Crippen LogP contribution >= 0.6 is 0 Å². The zero-order chi connectivity index (χ0) is 21.8. The van der Waals surface area contributed by atoms with Gasteiger partial charge in [0.2, 0.25) is 5.69 Å². The Morgan fingerprint density at radius 3 is 2.61 bits per heavy atom. The molecule has 0 spiro atoms. The number of aromatic nitrogens is 2. The Hall–Kier alpha value is -2.21. The monoisotopic (exact) mass is 425 g/mol. The van der Waals surface area contributed by atoms with Gasteiger partial charge in [0.05, 0.1) is 17.6 Å². The Labute approximate surface area is 184 Å². The van der Waals surface area contributed by atoms with Gasteiger partial charge < -0.3 is 9.30 Å². The smallest absolute Gasteiger partial charge is 0.362 e. The first-order chi connectivity index (χ1) is 15.1. The Kier molecular flexibility index (Phi) is 7.06. The van der Waals surface area contributed by atoms with E-state index in [9.17, 15) is 9.59 Å². The summed E-state index contributed by atoms with van der Waals surface area (Å²) in [6.07, 6.45) is 10.8. The van der Waals surface area contributed by atoms with E-state index in [-0.39, 0.29) is 23.9 Å². The SMILES string of the molecule is CCC[C@@H]1C[C@H](n2c(=O)c(C(=O)OCC)nc3ccccc32)CCN1C1CCCCC1. The number of fused-ring (bicyclic) bond motifs is 1. The van der Waals surface area contributed by atoms with Crippen molar-refractivity contribution in [3.8, 4) is 0 Å². The maximum atomic E-state index is 13.4. The van der Waals surface area contributed by atoms with E-state index in [4.69, 9.17) is 4.74 Å². The first kappa shape index (κ1) is 22.0. The molecule has 6 nitrogen and oxygen atoms in total.